The first-order valence-corrected chi connectivity index (χ1v) is 28.9. The average Bonchev–Trinajstić information content (AvgIpc) is 3.30. The maximum absolute atomic E-state index is 12.4. The summed E-state index contributed by atoms with van der Waals surface area (Å²) in [5.74, 6) is -0.0762. The van der Waals surface area contributed by atoms with Crippen LogP contribution in [0.25, 0.3) is 0 Å². The van der Waals surface area contributed by atoms with Gasteiger partial charge in [-0.3, -0.25) is 4.79 Å². The van der Waals surface area contributed by atoms with Gasteiger partial charge in [0.2, 0.25) is 5.91 Å². The third kappa shape index (κ3) is 51.3. The third-order valence-electron chi connectivity index (χ3n) is 13.3. The van der Waals surface area contributed by atoms with Crippen LogP contribution >= 0.6 is 0 Å². The van der Waals surface area contributed by atoms with E-state index >= 15 is 0 Å². The first kappa shape index (κ1) is 62.4. The molecule has 0 saturated carbocycles. The van der Waals surface area contributed by atoms with E-state index in [9.17, 15) is 15.0 Å². The summed E-state index contributed by atoms with van der Waals surface area (Å²) in [6.45, 7) is 4.30. The fourth-order valence-corrected chi connectivity index (χ4v) is 8.87. The predicted octanol–water partition coefficient (Wildman–Crippen LogP) is 19.0. The maximum Gasteiger partial charge on any atom is 0.220 e. The number of nitrogens with one attached hydrogen (secondary N) is 1. The van der Waals surface area contributed by atoms with E-state index < -0.39 is 12.1 Å². The normalized spacial score (nSPS) is 13.1. The Hall–Kier alpha value is -1.65. The van der Waals surface area contributed by atoms with Gasteiger partial charge in [-0.15, -0.1) is 0 Å². The van der Waals surface area contributed by atoms with E-state index in [0.29, 0.717) is 6.42 Å². The number of carbonyl (C=O) groups is 1. The highest BCUT2D eigenvalue weighted by atomic mass is 16.3. The summed E-state index contributed by atoms with van der Waals surface area (Å²) in [5.41, 5.74) is 0. The minimum Gasteiger partial charge on any atom is -0.394 e. The molecule has 0 aliphatic carbocycles. The molecule has 0 saturated heterocycles. The first-order chi connectivity index (χ1) is 31.7. The molecule has 4 nitrogen and oxygen atoms in total. The van der Waals surface area contributed by atoms with Crippen LogP contribution < -0.4 is 5.32 Å². The van der Waals surface area contributed by atoms with Gasteiger partial charge in [-0.05, 0) is 64.2 Å². The second-order valence-corrected chi connectivity index (χ2v) is 19.7. The van der Waals surface area contributed by atoms with E-state index in [4.69, 9.17) is 0 Å². The molecule has 3 N–H and O–H groups in total. The van der Waals surface area contributed by atoms with Crippen molar-refractivity contribution in [3.05, 3.63) is 48.6 Å². The first-order valence-electron chi connectivity index (χ1n) is 28.9. The average molecular weight is 897 g/mol. The monoisotopic (exact) mass is 896 g/mol. The van der Waals surface area contributed by atoms with Crippen molar-refractivity contribution in [2.24, 2.45) is 0 Å². The molecule has 0 aliphatic heterocycles. The van der Waals surface area contributed by atoms with Crippen molar-refractivity contribution in [2.45, 2.75) is 321 Å². The number of aliphatic hydroxyl groups is 2. The quantitative estimate of drug-likeness (QED) is 0.0421. The molecule has 4 heteroatoms. The topological polar surface area (TPSA) is 69.6 Å². The molecule has 376 valence electrons. The van der Waals surface area contributed by atoms with Gasteiger partial charge < -0.3 is 15.5 Å². The molecule has 0 aliphatic rings. The van der Waals surface area contributed by atoms with Gasteiger partial charge in [-0.2, -0.15) is 0 Å². The van der Waals surface area contributed by atoms with Gasteiger partial charge in [0.1, 0.15) is 0 Å². The Morgan fingerprint density at radius 2 is 0.656 bits per heavy atom. The molecular formula is C60H113NO3. The number of allylic oxidation sites excluding steroid dienone is 7. The zero-order valence-corrected chi connectivity index (χ0v) is 43.3. The number of amides is 1. The lowest BCUT2D eigenvalue weighted by atomic mass is 10.0. The highest BCUT2D eigenvalue weighted by Gasteiger charge is 2.18. The highest BCUT2D eigenvalue weighted by Crippen LogP contribution is 2.17. The summed E-state index contributed by atoms with van der Waals surface area (Å²) >= 11 is 0. The maximum atomic E-state index is 12.4. The molecule has 1 amide bonds. The van der Waals surface area contributed by atoms with Gasteiger partial charge >= 0.3 is 0 Å². The van der Waals surface area contributed by atoms with Crippen molar-refractivity contribution in [1.29, 1.82) is 0 Å². The van der Waals surface area contributed by atoms with Crippen LogP contribution in [0.15, 0.2) is 48.6 Å². The Kier molecular flexibility index (Phi) is 54.2. The van der Waals surface area contributed by atoms with Gasteiger partial charge in [0.15, 0.2) is 0 Å². The molecule has 2 unspecified atom stereocenters. The number of unbranched alkanes of at least 4 members (excludes halogenated alkanes) is 40. The molecule has 0 spiro atoms. The Bertz CT molecular complexity index is 1020. The van der Waals surface area contributed by atoms with E-state index in [0.717, 1.165) is 38.5 Å². The van der Waals surface area contributed by atoms with Gasteiger partial charge in [0.25, 0.3) is 0 Å². The molecular weight excluding hydrogens is 783 g/mol. The summed E-state index contributed by atoms with van der Waals surface area (Å²) in [6.07, 6.45) is 77.2. The molecule has 0 bridgehead atoms. The second kappa shape index (κ2) is 55.7. The van der Waals surface area contributed by atoms with Gasteiger partial charge in [0.05, 0.1) is 18.8 Å². The Morgan fingerprint density at radius 3 is 1.03 bits per heavy atom. The van der Waals surface area contributed by atoms with Crippen LogP contribution in [0.3, 0.4) is 0 Å². The zero-order valence-electron chi connectivity index (χ0n) is 43.3. The molecule has 0 heterocycles. The summed E-state index contributed by atoms with van der Waals surface area (Å²) in [5, 5.41) is 23.1. The molecule has 2 atom stereocenters. The highest BCUT2D eigenvalue weighted by molar-refractivity contribution is 5.76. The third-order valence-corrected chi connectivity index (χ3v) is 13.3. The summed E-state index contributed by atoms with van der Waals surface area (Å²) in [7, 11) is 0. The Labute approximate surface area is 401 Å². The van der Waals surface area contributed by atoms with Gasteiger partial charge in [-0.1, -0.05) is 287 Å². The van der Waals surface area contributed by atoms with Crippen LogP contribution in [-0.4, -0.2) is 34.9 Å². The predicted molar refractivity (Wildman–Crippen MR) is 285 cm³/mol. The fourth-order valence-electron chi connectivity index (χ4n) is 8.87. The number of hydrogen-bond acceptors (Lipinski definition) is 3. The van der Waals surface area contributed by atoms with Crippen molar-refractivity contribution in [2.75, 3.05) is 6.61 Å². The van der Waals surface area contributed by atoms with Crippen LogP contribution in [0.1, 0.15) is 309 Å². The van der Waals surface area contributed by atoms with Crippen molar-refractivity contribution in [3.63, 3.8) is 0 Å². The summed E-state index contributed by atoms with van der Waals surface area (Å²) < 4.78 is 0. The van der Waals surface area contributed by atoms with Gasteiger partial charge in [-0.25, -0.2) is 0 Å². The van der Waals surface area contributed by atoms with Crippen molar-refractivity contribution < 1.29 is 15.0 Å². The molecule has 0 aromatic rings. The second-order valence-electron chi connectivity index (χ2n) is 19.7. The smallest absolute Gasteiger partial charge is 0.220 e. The van der Waals surface area contributed by atoms with E-state index in [1.807, 2.05) is 6.08 Å². The standard InChI is InChI=1S/C60H113NO3/c1-3-5-7-9-11-13-15-17-19-21-23-24-25-26-27-28-29-30-31-32-33-34-35-36-38-39-41-43-45-47-49-51-53-55-59(63)58(57-62)61-60(64)56-54-52-50-48-46-44-42-40-37-22-20-18-16-14-12-10-8-6-4-2/h12,14,18,20,45,47,53,55,58-59,62-63H,3-11,13,15-17,19,21-44,46,48-52,54,56-57H2,1-2H3,(H,61,64)/b14-12-,20-18-,47-45+,55-53+. The summed E-state index contributed by atoms with van der Waals surface area (Å²) in [6, 6.07) is -0.643. The zero-order chi connectivity index (χ0) is 46.3. The lowest BCUT2D eigenvalue weighted by Crippen LogP contribution is -2.45. The van der Waals surface area contributed by atoms with Crippen molar-refractivity contribution >= 4 is 5.91 Å². The van der Waals surface area contributed by atoms with Crippen molar-refractivity contribution in [1.82, 2.24) is 5.32 Å². The van der Waals surface area contributed by atoms with Crippen LogP contribution in [0, 0.1) is 0 Å². The SMILES string of the molecule is CCCCC/C=C\C/C=C\CCCCCCCCCCCC(=O)NC(CO)C(O)/C=C/CC/C=C/CCCCCCCCCCCCCCCCCCCCCCCCCCCCC. The number of hydrogen-bond donors (Lipinski definition) is 3. The molecule has 0 rings (SSSR count). The summed E-state index contributed by atoms with van der Waals surface area (Å²) in [4.78, 5) is 12.4. The van der Waals surface area contributed by atoms with E-state index in [-0.39, 0.29) is 12.5 Å². The molecule has 0 aromatic heterocycles. The number of rotatable bonds is 53. The van der Waals surface area contributed by atoms with Crippen LogP contribution in [0.2, 0.25) is 0 Å². The minimum absolute atomic E-state index is 0.0762. The van der Waals surface area contributed by atoms with Gasteiger partial charge in [0, 0.05) is 6.42 Å². The van der Waals surface area contributed by atoms with E-state index in [1.165, 1.54) is 250 Å². The minimum atomic E-state index is -0.866. The molecule has 0 fully saturated rings. The molecule has 64 heavy (non-hydrogen) atoms. The van der Waals surface area contributed by atoms with Crippen LogP contribution in [-0.2, 0) is 4.79 Å². The number of carbonyl (C=O) groups excluding carboxylic acids is 1. The van der Waals surface area contributed by atoms with Crippen LogP contribution in [0.5, 0.6) is 0 Å². The lowest BCUT2D eigenvalue weighted by Gasteiger charge is -2.19. The van der Waals surface area contributed by atoms with Crippen molar-refractivity contribution in [3.8, 4) is 0 Å². The molecule has 0 radical (unpaired) electrons. The van der Waals surface area contributed by atoms with E-state index in [2.05, 4.69) is 55.6 Å². The lowest BCUT2D eigenvalue weighted by molar-refractivity contribution is -0.123. The van der Waals surface area contributed by atoms with Crippen LogP contribution in [0.4, 0.5) is 0 Å². The molecule has 0 aromatic carbocycles. The largest absolute Gasteiger partial charge is 0.394 e. The Morgan fingerprint density at radius 1 is 0.375 bits per heavy atom. The Balaban J connectivity index is 3.49. The fraction of sp³-hybridized carbons (Fsp3) is 0.850. The number of aliphatic hydroxyl groups excluding tert-OH is 2. The van der Waals surface area contributed by atoms with E-state index in [1.54, 1.807) is 6.08 Å².